The van der Waals surface area contributed by atoms with E-state index in [1.807, 2.05) is 0 Å². The van der Waals surface area contributed by atoms with Gasteiger partial charge in [-0.2, -0.15) is 0 Å². The molecule has 1 aliphatic carbocycles. The lowest BCUT2D eigenvalue weighted by Crippen LogP contribution is -2.48. The average Bonchev–Trinajstić information content (AvgIpc) is 2.52. The van der Waals surface area contributed by atoms with Crippen molar-refractivity contribution in [1.29, 1.82) is 0 Å². The molecule has 4 nitrogen and oxygen atoms in total. The van der Waals surface area contributed by atoms with E-state index in [0.717, 1.165) is 13.2 Å². The van der Waals surface area contributed by atoms with Gasteiger partial charge < -0.3 is 9.84 Å². The molecule has 0 aliphatic heterocycles. The van der Waals surface area contributed by atoms with Crippen LogP contribution in [0.5, 0.6) is 0 Å². The average molecular weight is 265 g/mol. The number of ketones is 1. The highest BCUT2D eigenvalue weighted by Gasteiger charge is 2.55. The van der Waals surface area contributed by atoms with Crippen LogP contribution in [-0.2, 0) is 14.3 Å². The van der Waals surface area contributed by atoms with Crippen LogP contribution in [0.3, 0.4) is 0 Å². The molecule has 2 atom stereocenters. The van der Waals surface area contributed by atoms with Gasteiger partial charge in [0, 0.05) is 10.6 Å². The largest absolute Gasteiger partial charge is 0.467 e. The van der Waals surface area contributed by atoms with Crippen molar-refractivity contribution in [2.45, 2.75) is 17.9 Å². The summed E-state index contributed by atoms with van der Waals surface area (Å²) in [5.74, 6) is -1.59. The highest BCUT2D eigenvalue weighted by molar-refractivity contribution is 6.40. The number of rotatable bonds is 2. The van der Waals surface area contributed by atoms with Gasteiger partial charge in [-0.15, -0.1) is 11.6 Å². The number of ether oxygens (including phenoxy) is 1. The predicted molar refractivity (Wildman–Crippen MR) is 59.3 cm³/mol. The van der Waals surface area contributed by atoms with Gasteiger partial charge in [-0.1, -0.05) is 17.7 Å². The Morgan fingerprint density at radius 2 is 2.25 bits per heavy atom. The molecular formula is C10H10Cl2O4. The van der Waals surface area contributed by atoms with Gasteiger partial charge in [-0.25, -0.2) is 4.79 Å². The number of halogens is 2. The third-order valence-electron chi connectivity index (χ3n) is 2.32. The second-order valence-corrected chi connectivity index (χ2v) is 4.06. The molecule has 1 rings (SSSR count). The maximum Gasteiger partial charge on any atom is 0.344 e. The maximum absolute atomic E-state index is 11.5. The van der Waals surface area contributed by atoms with Crippen LogP contribution in [0.15, 0.2) is 22.8 Å². The Balaban J connectivity index is 3.30. The summed E-state index contributed by atoms with van der Waals surface area (Å²) in [6.45, 7) is 1.60. The van der Waals surface area contributed by atoms with E-state index >= 15 is 0 Å². The number of hydrogen-bond acceptors (Lipinski definition) is 4. The van der Waals surface area contributed by atoms with Gasteiger partial charge in [0.15, 0.2) is 5.78 Å². The Bertz CT molecular complexity index is 400. The lowest BCUT2D eigenvalue weighted by molar-refractivity contribution is -0.158. The van der Waals surface area contributed by atoms with Crippen LogP contribution in [0.25, 0.3) is 0 Å². The molecule has 0 amide bonds. The molecule has 0 radical (unpaired) electrons. The molecule has 88 valence electrons. The zero-order valence-corrected chi connectivity index (χ0v) is 10.2. The van der Waals surface area contributed by atoms with Gasteiger partial charge in [0.2, 0.25) is 5.60 Å². The zero-order valence-electron chi connectivity index (χ0n) is 8.66. The molecule has 1 aliphatic rings. The minimum absolute atomic E-state index is 0.0338. The number of allylic oxidation sites excluding steroid dienone is 2. The molecule has 16 heavy (non-hydrogen) atoms. The number of esters is 1. The Hall–Kier alpha value is -0.840. The molecule has 0 fully saturated rings. The fourth-order valence-corrected chi connectivity index (χ4v) is 1.91. The Labute approximate surface area is 102 Å². The molecule has 0 aromatic heterocycles. The fourth-order valence-electron chi connectivity index (χ4n) is 1.44. The van der Waals surface area contributed by atoms with E-state index in [-0.39, 0.29) is 10.6 Å². The van der Waals surface area contributed by atoms with Gasteiger partial charge in [0.1, 0.15) is 5.38 Å². The van der Waals surface area contributed by atoms with Crippen LogP contribution in [0, 0.1) is 0 Å². The first-order valence-corrected chi connectivity index (χ1v) is 5.24. The molecule has 0 saturated heterocycles. The Morgan fingerprint density at radius 3 is 2.69 bits per heavy atom. The molecule has 0 saturated carbocycles. The molecule has 6 heteroatoms. The maximum atomic E-state index is 11.5. The molecule has 0 spiro atoms. The number of methoxy groups -OCH3 is 1. The summed E-state index contributed by atoms with van der Waals surface area (Å²) in [4.78, 5) is 22.9. The minimum Gasteiger partial charge on any atom is -0.467 e. The number of carbonyl (C=O) groups excluding carboxylic acids is 2. The zero-order chi connectivity index (χ0) is 12.5. The van der Waals surface area contributed by atoms with Gasteiger partial charge in [-0.05, 0) is 13.0 Å². The minimum atomic E-state index is -2.21. The van der Waals surface area contributed by atoms with Crippen molar-refractivity contribution in [3.05, 3.63) is 22.8 Å². The monoisotopic (exact) mass is 264 g/mol. The third-order valence-corrected chi connectivity index (χ3v) is 3.27. The second-order valence-electron chi connectivity index (χ2n) is 3.22. The van der Waals surface area contributed by atoms with Crippen LogP contribution in [0.2, 0.25) is 0 Å². The first kappa shape index (κ1) is 13.2. The molecule has 1 N–H and O–H groups in total. The Kier molecular flexibility index (Phi) is 3.78. The summed E-state index contributed by atoms with van der Waals surface area (Å²) in [7, 11) is 1.09. The van der Waals surface area contributed by atoms with Crippen molar-refractivity contribution in [3.63, 3.8) is 0 Å². The van der Waals surface area contributed by atoms with Gasteiger partial charge >= 0.3 is 5.97 Å². The summed E-state index contributed by atoms with van der Waals surface area (Å²) < 4.78 is 4.43. The van der Waals surface area contributed by atoms with E-state index in [4.69, 9.17) is 23.2 Å². The summed E-state index contributed by atoms with van der Waals surface area (Å²) in [6, 6.07) is 0. The third kappa shape index (κ3) is 1.77. The molecule has 0 heterocycles. The summed E-state index contributed by atoms with van der Waals surface area (Å²) in [6.07, 6.45) is 2.50. The number of alkyl halides is 1. The van der Waals surface area contributed by atoms with Crippen LogP contribution >= 0.6 is 23.2 Å². The number of aliphatic hydroxyl groups is 1. The highest BCUT2D eigenvalue weighted by Crippen LogP contribution is 2.39. The highest BCUT2D eigenvalue weighted by atomic mass is 35.5. The van der Waals surface area contributed by atoms with Crippen LogP contribution in [-0.4, -0.2) is 34.9 Å². The summed E-state index contributed by atoms with van der Waals surface area (Å²) >= 11 is 11.5. The summed E-state index contributed by atoms with van der Waals surface area (Å²) in [5.41, 5.74) is -2.25. The smallest absolute Gasteiger partial charge is 0.344 e. The lowest BCUT2D eigenvalue weighted by atomic mass is 9.94. The lowest BCUT2D eigenvalue weighted by Gasteiger charge is -2.25. The van der Waals surface area contributed by atoms with E-state index in [1.165, 1.54) is 6.08 Å². The molecule has 0 aromatic rings. The van der Waals surface area contributed by atoms with E-state index in [1.54, 1.807) is 6.92 Å². The SMILES string of the molecule is C/C=C(\Cl)C1=CC(=O)[C@@H](Cl)[C@@]1(O)C(=O)OC. The summed E-state index contributed by atoms with van der Waals surface area (Å²) in [5, 5.41) is 8.81. The van der Waals surface area contributed by atoms with Gasteiger partial charge in [0.25, 0.3) is 0 Å². The predicted octanol–water partition coefficient (Wildman–Crippen LogP) is 1.15. The molecular weight excluding hydrogens is 255 g/mol. The van der Waals surface area contributed by atoms with Crippen molar-refractivity contribution in [1.82, 2.24) is 0 Å². The van der Waals surface area contributed by atoms with E-state index in [2.05, 4.69) is 4.74 Å². The standard InChI is InChI=1S/C10H10Cl2O4/c1-3-6(11)5-4-7(13)8(12)10(5,15)9(14)16-2/h3-4,8,15H,1-2H3/b6-3-/t8-,10-/m1/s1. The van der Waals surface area contributed by atoms with Crippen LogP contribution in [0.4, 0.5) is 0 Å². The Morgan fingerprint density at radius 1 is 1.69 bits per heavy atom. The first-order valence-electron chi connectivity index (χ1n) is 4.42. The van der Waals surface area contributed by atoms with E-state index in [9.17, 15) is 14.7 Å². The molecule has 0 aromatic carbocycles. The normalized spacial score (nSPS) is 30.3. The fraction of sp³-hybridized carbons (Fsp3) is 0.400. The van der Waals surface area contributed by atoms with Crippen molar-refractivity contribution in [2.75, 3.05) is 7.11 Å². The quantitative estimate of drug-likeness (QED) is 0.601. The number of carbonyl (C=O) groups is 2. The van der Waals surface area contributed by atoms with Gasteiger partial charge in [0.05, 0.1) is 7.11 Å². The first-order chi connectivity index (χ1) is 7.39. The van der Waals surface area contributed by atoms with Crippen molar-refractivity contribution < 1.29 is 19.4 Å². The topological polar surface area (TPSA) is 63.6 Å². The number of hydrogen-bond donors (Lipinski definition) is 1. The van der Waals surface area contributed by atoms with E-state index < -0.39 is 22.7 Å². The van der Waals surface area contributed by atoms with Crippen molar-refractivity contribution in [2.24, 2.45) is 0 Å². The second kappa shape index (κ2) is 4.57. The van der Waals surface area contributed by atoms with Crippen LogP contribution in [0.1, 0.15) is 6.92 Å². The molecule has 0 bridgehead atoms. The van der Waals surface area contributed by atoms with Crippen molar-refractivity contribution in [3.8, 4) is 0 Å². The molecule has 0 unspecified atom stereocenters. The van der Waals surface area contributed by atoms with Crippen LogP contribution < -0.4 is 0 Å². The van der Waals surface area contributed by atoms with E-state index in [0.29, 0.717) is 0 Å². The van der Waals surface area contributed by atoms with Gasteiger partial charge in [-0.3, -0.25) is 4.79 Å². The van der Waals surface area contributed by atoms with Crippen molar-refractivity contribution >= 4 is 35.0 Å².